The minimum absolute atomic E-state index is 0.0306. The molecule has 0 N–H and O–H groups in total. The Morgan fingerprint density at radius 3 is 2.58 bits per heavy atom. The van der Waals surface area contributed by atoms with Crippen LogP contribution in [0.15, 0.2) is 36.5 Å². The van der Waals surface area contributed by atoms with E-state index in [0.29, 0.717) is 12.1 Å². The highest BCUT2D eigenvalue weighted by Gasteiger charge is 2.13. The molecule has 136 valence electrons. The Kier molecular flexibility index (Phi) is 5.04. The Morgan fingerprint density at radius 2 is 1.85 bits per heavy atom. The van der Waals surface area contributed by atoms with Gasteiger partial charge < -0.3 is 9.80 Å². The molecule has 0 saturated carbocycles. The number of carbonyl (C=O) groups excluding carboxylic acids is 1. The molecule has 0 bridgehead atoms. The van der Waals surface area contributed by atoms with Crippen LogP contribution in [0.2, 0.25) is 0 Å². The maximum atomic E-state index is 12.7. The lowest BCUT2D eigenvalue weighted by atomic mass is 10.0. The Balaban J connectivity index is 1.91. The fourth-order valence-electron chi connectivity index (χ4n) is 2.92. The van der Waals surface area contributed by atoms with Crippen LogP contribution < -0.4 is 0 Å². The molecule has 3 aromatic rings. The number of carbonyl (C=O) groups is 1. The average Bonchev–Trinajstić information content (AvgIpc) is 3.00. The van der Waals surface area contributed by atoms with Crippen LogP contribution >= 0.6 is 0 Å². The Labute approximate surface area is 154 Å². The first-order chi connectivity index (χ1) is 12.3. The van der Waals surface area contributed by atoms with Crippen LogP contribution in [0.3, 0.4) is 0 Å². The van der Waals surface area contributed by atoms with Crippen molar-refractivity contribution in [1.82, 2.24) is 24.4 Å². The van der Waals surface area contributed by atoms with Crippen LogP contribution in [0.4, 0.5) is 0 Å². The summed E-state index contributed by atoms with van der Waals surface area (Å²) in [5, 5.41) is 4.41. The van der Waals surface area contributed by atoms with Gasteiger partial charge in [-0.3, -0.25) is 4.79 Å². The highest BCUT2D eigenvalue weighted by atomic mass is 16.2. The summed E-state index contributed by atoms with van der Waals surface area (Å²) in [6.45, 7) is 5.44. The molecule has 0 unspecified atom stereocenters. The lowest BCUT2D eigenvalue weighted by molar-refractivity contribution is 0.0786. The van der Waals surface area contributed by atoms with Gasteiger partial charge in [0.2, 0.25) is 0 Å². The number of hydrogen-bond acceptors (Lipinski definition) is 4. The molecule has 6 heteroatoms. The van der Waals surface area contributed by atoms with Crippen molar-refractivity contribution in [3.63, 3.8) is 0 Å². The molecule has 2 heterocycles. The molecule has 0 spiro atoms. The van der Waals surface area contributed by atoms with Gasteiger partial charge in [-0.1, -0.05) is 12.1 Å². The Hall–Kier alpha value is -2.73. The van der Waals surface area contributed by atoms with E-state index in [4.69, 9.17) is 0 Å². The van der Waals surface area contributed by atoms with Gasteiger partial charge in [0.25, 0.3) is 5.91 Å². The molecule has 0 aliphatic carbocycles. The van der Waals surface area contributed by atoms with Crippen LogP contribution in [0.1, 0.15) is 21.7 Å². The number of nitrogens with zero attached hydrogens (tertiary/aromatic N) is 5. The third-order valence-electron chi connectivity index (χ3n) is 4.40. The second-order valence-electron chi connectivity index (χ2n) is 6.95. The topological polar surface area (TPSA) is 53.7 Å². The molecule has 0 saturated heterocycles. The SMILES string of the molecule is Cc1nc2c(C)cc(-c3cccc(C(=O)N(C)CCN(C)C)c3)cn2n1. The molecule has 3 rings (SSSR count). The number of pyridine rings is 1. The summed E-state index contributed by atoms with van der Waals surface area (Å²) in [5.74, 6) is 0.778. The van der Waals surface area contributed by atoms with Crippen molar-refractivity contribution < 1.29 is 4.79 Å². The molecule has 0 radical (unpaired) electrons. The van der Waals surface area contributed by atoms with Gasteiger partial charge in [-0.05, 0) is 57.3 Å². The summed E-state index contributed by atoms with van der Waals surface area (Å²) >= 11 is 0. The van der Waals surface area contributed by atoms with Crippen molar-refractivity contribution in [3.8, 4) is 11.1 Å². The van der Waals surface area contributed by atoms with Gasteiger partial charge in [0.15, 0.2) is 5.65 Å². The normalized spacial score (nSPS) is 11.3. The number of hydrogen-bond donors (Lipinski definition) is 0. The van der Waals surface area contributed by atoms with E-state index in [1.165, 1.54) is 0 Å². The number of amides is 1. The molecule has 0 atom stereocenters. The van der Waals surface area contributed by atoms with Gasteiger partial charge in [-0.25, -0.2) is 9.50 Å². The zero-order chi connectivity index (χ0) is 18.8. The van der Waals surface area contributed by atoms with Crippen LogP contribution in [0.5, 0.6) is 0 Å². The van der Waals surface area contributed by atoms with E-state index >= 15 is 0 Å². The first-order valence-corrected chi connectivity index (χ1v) is 8.69. The minimum atomic E-state index is 0.0306. The molecule has 1 aromatic carbocycles. The van der Waals surface area contributed by atoms with Crippen molar-refractivity contribution in [2.75, 3.05) is 34.2 Å². The van der Waals surface area contributed by atoms with Crippen molar-refractivity contribution >= 4 is 11.6 Å². The molecule has 1 amide bonds. The summed E-state index contributed by atoms with van der Waals surface area (Å²) in [7, 11) is 5.85. The van der Waals surface area contributed by atoms with Gasteiger partial charge >= 0.3 is 0 Å². The highest BCUT2D eigenvalue weighted by Crippen LogP contribution is 2.23. The minimum Gasteiger partial charge on any atom is -0.340 e. The van der Waals surface area contributed by atoms with Gasteiger partial charge in [-0.2, -0.15) is 5.10 Å². The summed E-state index contributed by atoms with van der Waals surface area (Å²) in [6.07, 6.45) is 1.96. The molecule has 0 aliphatic heterocycles. The van der Waals surface area contributed by atoms with Crippen molar-refractivity contribution in [2.45, 2.75) is 13.8 Å². The van der Waals surface area contributed by atoms with E-state index in [9.17, 15) is 4.79 Å². The summed E-state index contributed by atoms with van der Waals surface area (Å²) in [4.78, 5) is 21.0. The number of fused-ring (bicyclic) bond motifs is 1. The van der Waals surface area contributed by atoms with Gasteiger partial charge in [0.05, 0.1) is 0 Å². The van der Waals surface area contributed by atoms with Crippen LogP contribution in [-0.2, 0) is 0 Å². The van der Waals surface area contributed by atoms with E-state index in [-0.39, 0.29) is 5.91 Å². The largest absolute Gasteiger partial charge is 0.340 e. The van der Waals surface area contributed by atoms with Gasteiger partial charge in [-0.15, -0.1) is 0 Å². The van der Waals surface area contributed by atoms with E-state index in [2.05, 4.69) is 21.0 Å². The molecule has 0 aliphatic rings. The lowest BCUT2D eigenvalue weighted by Crippen LogP contribution is -2.33. The lowest BCUT2D eigenvalue weighted by Gasteiger charge is -2.20. The maximum Gasteiger partial charge on any atom is 0.253 e. The second kappa shape index (κ2) is 7.25. The summed E-state index contributed by atoms with van der Waals surface area (Å²) in [6, 6.07) is 9.83. The molecule has 0 fully saturated rings. The molecule has 26 heavy (non-hydrogen) atoms. The Bertz CT molecular complexity index is 945. The maximum absolute atomic E-state index is 12.7. The first kappa shape index (κ1) is 18.1. The summed E-state index contributed by atoms with van der Waals surface area (Å²) in [5.41, 5.74) is 4.63. The number of benzene rings is 1. The monoisotopic (exact) mass is 351 g/mol. The number of aryl methyl sites for hydroxylation is 2. The van der Waals surface area contributed by atoms with Crippen molar-refractivity contribution in [2.24, 2.45) is 0 Å². The van der Waals surface area contributed by atoms with E-state index in [1.807, 2.05) is 65.5 Å². The predicted octanol–water partition coefficient (Wildman–Crippen LogP) is 2.65. The van der Waals surface area contributed by atoms with E-state index in [1.54, 1.807) is 9.42 Å². The summed E-state index contributed by atoms with van der Waals surface area (Å²) < 4.78 is 1.80. The standard InChI is InChI=1S/C20H25N5O/c1-14-11-18(13-25-19(14)21-15(2)22-25)16-7-6-8-17(12-16)20(26)24(5)10-9-23(3)4/h6-8,11-13H,9-10H2,1-5H3. The quantitative estimate of drug-likeness (QED) is 0.709. The predicted molar refractivity (Wildman–Crippen MR) is 103 cm³/mol. The van der Waals surface area contributed by atoms with Crippen LogP contribution in [0.25, 0.3) is 16.8 Å². The number of rotatable bonds is 5. The third kappa shape index (κ3) is 3.75. The number of aromatic nitrogens is 3. The second-order valence-corrected chi connectivity index (χ2v) is 6.95. The van der Waals surface area contributed by atoms with E-state index in [0.717, 1.165) is 34.7 Å². The first-order valence-electron chi connectivity index (χ1n) is 8.69. The average molecular weight is 351 g/mol. The van der Waals surface area contributed by atoms with E-state index < -0.39 is 0 Å². The fraction of sp³-hybridized carbons (Fsp3) is 0.350. The van der Waals surface area contributed by atoms with Crippen LogP contribution in [0, 0.1) is 13.8 Å². The third-order valence-corrected chi connectivity index (χ3v) is 4.40. The molecule has 2 aromatic heterocycles. The molecule has 6 nitrogen and oxygen atoms in total. The fourth-order valence-corrected chi connectivity index (χ4v) is 2.92. The smallest absolute Gasteiger partial charge is 0.253 e. The van der Waals surface area contributed by atoms with Gasteiger partial charge in [0, 0.05) is 37.5 Å². The van der Waals surface area contributed by atoms with Crippen molar-refractivity contribution in [3.05, 3.63) is 53.5 Å². The zero-order valence-corrected chi connectivity index (χ0v) is 16.0. The van der Waals surface area contributed by atoms with Gasteiger partial charge in [0.1, 0.15) is 5.82 Å². The zero-order valence-electron chi connectivity index (χ0n) is 16.0. The van der Waals surface area contributed by atoms with Crippen molar-refractivity contribution in [1.29, 1.82) is 0 Å². The Morgan fingerprint density at radius 1 is 1.08 bits per heavy atom. The molecular weight excluding hydrogens is 326 g/mol. The highest BCUT2D eigenvalue weighted by molar-refractivity contribution is 5.95. The van der Waals surface area contributed by atoms with Crippen LogP contribution in [-0.4, -0.2) is 64.5 Å². The number of likely N-dealkylation sites (N-methyl/N-ethyl adjacent to an activating group) is 2. The molecular formula is C20H25N5O.